The molecule has 1 amide bonds. The highest BCUT2D eigenvalue weighted by Crippen LogP contribution is 2.49. The number of aryl methyl sites for hydroxylation is 2. The topological polar surface area (TPSA) is 119 Å². The average molecular weight is 427 g/mol. The van der Waals surface area contributed by atoms with E-state index in [0.29, 0.717) is 30.4 Å². The molecule has 2 heterocycles. The minimum atomic E-state index is -0.520. The van der Waals surface area contributed by atoms with Crippen LogP contribution in [-0.4, -0.2) is 37.4 Å². The third-order valence-electron chi connectivity index (χ3n) is 5.42. The van der Waals surface area contributed by atoms with E-state index >= 15 is 0 Å². The van der Waals surface area contributed by atoms with Crippen LogP contribution in [-0.2, 0) is 29.6 Å². The van der Waals surface area contributed by atoms with E-state index in [-0.39, 0.29) is 12.5 Å². The van der Waals surface area contributed by atoms with Crippen molar-refractivity contribution in [2.45, 2.75) is 37.6 Å². The zero-order chi connectivity index (χ0) is 21.1. The second-order valence-electron chi connectivity index (χ2n) is 7.43. The van der Waals surface area contributed by atoms with Gasteiger partial charge in [0.1, 0.15) is 0 Å². The fourth-order valence-electron chi connectivity index (χ4n) is 3.65. The summed E-state index contributed by atoms with van der Waals surface area (Å²) in [6, 6.07) is 7.93. The number of nitrogens with two attached hydrogens (primary N) is 1. The first-order valence-electron chi connectivity index (χ1n) is 9.82. The molecule has 1 aromatic carbocycles. The molecule has 0 radical (unpaired) electrons. The summed E-state index contributed by atoms with van der Waals surface area (Å²) in [5.74, 6) is 0.158. The second kappa shape index (κ2) is 8.41. The Hall–Kier alpha value is -2.97. The van der Waals surface area contributed by atoms with Crippen molar-refractivity contribution in [2.24, 2.45) is 5.73 Å². The Bertz CT molecular complexity index is 1060. The molecule has 9 heteroatoms. The van der Waals surface area contributed by atoms with Gasteiger partial charge in [-0.25, -0.2) is 9.97 Å². The minimum Gasteiger partial charge on any atom is -0.394 e. The number of aromatic nitrogens is 4. The van der Waals surface area contributed by atoms with Crippen LogP contribution in [0.2, 0.25) is 5.02 Å². The first-order chi connectivity index (χ1) is 14.5. The third kappa shape index (κ3) is 4.15. The first kappa shape index (κ1) is 20.3. The van der Waals surface area contributed by atoms with Gasteiger partial charge in [-0.2, -0.15) is 5.10 Å². The molecule has 0 atom stereocenters. The number of nitrogens with zero attached hydrogens (tertiary/aromatic N) is 4. The number of benzene rings is 1. The van der Waals surface area contributed by atoms with Gasteiger partial charge in [-0.3, -0.25) is 9.48 Å². The van der Waals surface area contributed by atoms with Crippen LogP contribution < -0.4 is 11.1 Å². The predicted molar refractivity (Wildman–Crippen MR) is 114 cm³/mol. The van der Waals surface area contributed by atoms with E-state index in [4.69, 9.17) is 22.4 Å². The molecule has 1 fully saturated rings. The fourth-order valence-corrected chi connectivity index (χ4v) is 3.84. The Labute approximate surface area is 179 Å². The number of anilines is 2. The van der Waals surface area contributed by atoms with Gasteiger partial charge < -0.3 is 16.2 Å². The summed E-state index contributed by atoms with van der Waals surface area (Å²) in [7, 11) is 0. The number of nitrogens with one attached hydrogen (secondary N) is 1. The van der Waals surface area contributed by atoms with Crippen LogP contribution in [0.15, 0.2) is 42.9 Å². The number of carbonyl (C=O) groups excluding carboxylic acids is 1. The van der Waals surface area contributed by atoms with Crippen LogP contribution in [0.1, 0.15) is 29.7 Å². The van der Waals surface area contributed by atoms with Crippen molar-refractivity contribution in [1.29, 1.82) is 0 Å². The van der Waals surface area contributed by atoms with E-state index in [1.54, 1.807) is 23.3 Å². The maximum absolute atomic E-state index is 12.0. The molecule has 3 aromatic rings. The maximum atomic E-state index is 12.0. The Morgan fingerprint density at radius 1 is 1.27 bits per heavy atom. The molecule has 4 N–H and O–H groups in total. The molecular weight excluding hydrogens is 404 g/mol. The molecule has 0 aliphatic heterocycles. The zero-order valence-electron chi connectivity index (χ0n) is 16.4. The molecule has 0 bridgehead atoms. The lowest BCUT2D eigenvalue weighted by atomic mass is 9.88. The molecule has 0 unspecified atom stereocenters. The number of amides is 1. The summed E-state index contributed by atoms with van der Waals surface area (Å²) in [6.07, 6.45) is 7.87. The van der Waals surface area contributed by atoms with Crippen LogP contribution in [0.25, 0.3) is 0 Å². The monoisotopic (exact) mass is 426 g/mol. The summed E-state index contributed by atoms with van der Waals surface area (Å²) in [4.78, 5) is 20.8. The van der Waals surface area contributed by atoms with Crippen LogP contribution in [0.5, 0.6) is 0 Å². The highest BCUT2D eigenvalue weighted by atomic mass is 35.5. The lowest BCUT2D eigenvalue weighted by Gasteiger charge is -2.16. The van der Waals surface area contributed by atoms with Crippen molar-refractivity contribution in [2.75, 3.05) is 11.9 Å². The number of hydrogen-bond donors (Lipinski definition) is 3. The number of aliphatic hydroxyl groups is 1. The van der Waals surface area contributed by atoms with Crippen molar-refractivity contribution >= 4 is 29.1 Å². The van der Waals surface area contributed by atoms with Gasteiger partial charge in [0, 0.05) is 6.20 Å². The molecule has 4 rings (SSSR count). The lowest BCUT2D eigenvalue weighted by molar-refractivity contribution is -0.120. The first-order valence-corrected chi connectivity index (χ1v) is 10.2. The smallest absolute Gasteiger partial charge is 0.228 e. The van der Waals surface area contributed by atoms with Crippen molar-refractivity contribution in [3.05, 3.63) is 64.7 Å². The van der Waals surface area contributed by atoms with Gasteiger partial charge in [0.25, 0.3) is 0 Å². The van der Waals surface area contributed by atoms with Crippen LogP contribution in [0.3, 0.4) is 0 Å². The van der Waals surface area contributed by atoms with E-state index in [1.165, 1.54) is 0 Å². The number of halogens is 1. The number of primary amides is 1. The average Bonchev–Trinajstić information content (AvgIpc) is 3.44. The molecule has 1 aliphatic carbocycles. The summed E-state index contributed by atoms with van der Waals surface area (Å²) >= 11 is 6.33. The van der Waals surface area contributed by atoms with Crippen molar-refractivity contribution in [3.8, 4) is 0 Å². The van der Waals surface area contributed by atoms with Gasteiger partial charge in [0.15, 0.2) is 0 Å². The van der Waals surface area contributed by atoms with Crippen LogP contribution in [0.4, 0.5) is 11.6 Å². The zero-order valence-corrected chi connectivity index (χ0v) is 17.1. The van der Waals surface area contributed by atoms with Crippen LogP contribution in [0, 0.1) is 0 Å². The van der Waals surface area contributed by atoms with E-state index < -0.39 is 5.41 Å². The number of aliphatic hydroxyl groups excluding tert-OH is 1. The highest BCUT2D eigenvalue weighted by molar-refractivity contribution is 6.31. The summed E-state index contributed by atoms with van der Waals surface area (Å²) in [5.41, 5.74) is 8.69. The maximum Gasteiger partial charge on any atom is 0.228 e. The second-order valence-corrected chi connectivity index (χ2v) is 7.84. The number of hydrogen-bond acceptors (Lipinski definition) is 6. The van der Waals surface area contributed by atoms with Crippen molar-refractivity contribution in [1.82, 2.24) is 19.7 Å². The summed E-state index contributed by atoms with van der Waals surface area (Å²) < 4.78 is 1.63. The Balaban J connectivity index is 1.49. The molecule has 1 saturated carbocycles. The van der Waals surface area contributed by atoms with E-state index in [2.05, 4.69) is 20.4 Å². The summed E-state index contributed by atoms with van der Waals surface area (Å²) in [5, 5.41) is 16.7. The van der Waals surface area contributed by atoms with Crippen molar-refractivity contribution in [3.63, 3.8) is 0 Å². The Morgan fingerprint density at radius 2 is 2.07 bits per heavy atom. The molecule has 2 aromatic heterocycles. The van der Waals surface area contributed by atoms with E-state index in [0.717, 1.165) is 35.3 Å². The van der Waals surface area contributed by atoms with E-state index in [1.807, 2.05) is 24.3 Å². The Morgan fingerprint density at radius 3 is 2.80 bits per heavy atom. The van der Waals surface area contributed by atoms with Gasteiger partial charge in [-0.1, -0.05) is 35.9 Å². The molecule has 156 valence electrons. The largest absolute Gasteiger partial charge is 0.394 e. The lowest BCUT2D eigenvalue weighted by Crippen LogP contribution is -2.29. The highest BCUT2D eigenvalue weighted by Gasteiger charge is 2.50. The van der Waals surface area contributed by atoms with Gasteiger partial charge in [-0.05, 0) is 36.8 Å². The van der Waals surface area contributed by atoms with Gasteiger partial charge in [0.2, 0.25) is 11.9 Å². The van der Waals surface area contributed by atoms with Crippen molar-refractivity contribution < 1.29 is 9.90 Å². The predicted octanol–water partition coefficient (Wildman–Crippen LogP) is 2.36. The Kier molecular flexibility index (Phi) is 5.69. The fraction of sp³-hybridized carbons (Fsp3) is 0.333. The molecule has 0 spiro atoms. The number of carbonyl (C=O) groups is 1. The minimum absolute atomic E-state index is 0.0151. The van der Waals surface area contributed by atoms with Gasteiger partial charge >= 0.3 is 0 Å². The van der Waals surface area contributed by atoms with Gasteiger partial charge in [0.05, 0.1) is 47.4 Å². The van der Waals surface area contributed by atoms with Crippen LogP contribution >= 0.6 is 11.6 Å². The van der Waals surface area contributed by atoms with Gasteiger partial charge in [-0.15, -0.1) is 0 Å². The third-order valence-corrected chi connectivity index (χ3v) is 5.74. The molecule has 30 heavy (non-hydrogen) atoms. The standard InChI is InChI=1S/C21H23ClN6O2/c22-17-12-24-20(26-15-11-25-28(13-15)9-10-29)27-18(17)6-5-14-3-1-2-4-16(14)21(7-8-21)19(23)30/h1-4,11-13,29H,5-10H2,(H2,23,30)(H,24,26,27). The molecule has 8 nitrogen and oxygen atoms in total. The molecular formula is C21H23ClN6O2. The molecule has 0 saturated heterocycles. The quantitative estimate of drug-likeness (QED) is 0.483. The summed E-state index contributed by atoms with van der Waals surface area (Å²) in [6.45, 7) is 0.432. The SMILES string of the molecule is NC(=O)C1(c2ccccc2CCc2nc(Nc3cnn(CCO)c3)ncc2Cl)CC1. The normalized spacial score (nSPS) is 14.5. The van der Waals surface area contributed by atoms with E-state index in [9.17, 15) is 4.79 Å². The number of rotatable bonds is 9. The molecule has 1 aliphatic rings.